The lowest BCUT2D eigenvalue weighted by Crippen LogP contribution is -2.37. The number of nitrogens with zero attached hydrogens (tertiary/aromatic N) is 1. The second-order valence-electron chi connectivity index (χ2n) is 8.06. The minimum Gasteiger partial charge on any atom is -0.325 e. The van der Waals surface area contributed by atoms with E-state index >= 15 is 0 Å². The standard InChI is InChI=1S/C26H29BrN2O3S/c1-3-4-5-21-10-14-24(15-11-21)28-26(30)19-29(18-22-8-12-23(27)13-9-22)33(31,32)25-16-6-20(2)7-17-25/h6-17H,3-5,18-19H2,1-2H3,(H,28,30). The van der Waals surface area contributed by atoms with Gasteiger partial charge in [-0.25, -0.2) is 8.42 Å². The van der Waals surface area contributed by atoms with Crippen LogP contribution in [0, 0.1) is 6.92 Å². The molecule has 0 spiro atoms. The van der Waals surface area contributed by atoms with Crippen molar-refractivity contribution in [3.8, 4) is 0 Å². The first kappa shape index (κ1) is 25.1. The summed E-state index contributed by atoms with van der Waals surface area (Å²) in [5.74, 6) is -0.385. The molecule has 1 amide bonds. The van der Waals surface area contributed by atoms with E-state index in [4.69, 9.17) is 0 Å². The zero-order valence-electron chi connectivity index (χ0n) is 18.9. The van der Waals surface area contributed by atoms with Crippen LogP contribution in [-0.2, 0) is 27.8 Å². The summed E-state index contributed by atoms with van der Waals surface area (Å²) in [6.45, 7) is 3.85. The highest BCUT2D eigenvalue weighted by atomic mass is 79.9. The van der Waals surface area contributed by atoms with Crippen LogP contribution < -0.4 is 5.32 Å². The van der Waals surface area contributed by atoms with Crippen LogP contribution >= 0.6 is 15.9 Å². The highest BCUT2D eigenvalue weighted by Gasteiger charge is 2.27. The van der Waals surface area contributed by atoms with Gasteiger partial charge in [0.05, 0.1) is 11.4 Å². The van der Waals surface area contributed by atoms with Crippen molar-refractivity contribution in [3.63, 3.8) is 0 Å². The molecule has 0 aliphatic rings. The van der Waals surface area contributed by atoms with E-state index in [-0.39, 0.29) is 23.9 Å². The first-order valence-corrected chi connectivity index (χ1v) is 13.2. The van der Waals surface area contributed by atoms with Crippen molar-refractivity contribution in [1.29, 1.82) is 0 Å². The summed E-state index contributed by atoms with van der Waals surface area (Å²) >= 11 is 3.39. The average molecular weight is 530 g/mol. The first-order valence-electron chi connectivity index (χ1n) is 11.0. The molecule has 0 saturated carbocycles. The van der Waals surface area contributed by atoms with Crippen molar-refractivity contribution in [1.82, 2.24) is 4.31 Å². The molecule has 0 bridgehead atoms. The fraction of sp³-hybridized carbons (Fsp3) is 0.269. The Balaban J connectivity index is 1.79. The van der Waals surface area contributed by atoms with Gasteiger partial charge in [0.1, 0.15) is 0 Å². The molecule has 5 nitrogen and oxygen atoms in total. The van der Waals surface area contributed by atoms with Gasteiger partial charge < -0.3 is 5.32 Å². The Bertz CT molecular complexity index is 1160. The Morgan fingerprint density at radius 3 is 2.12 bits per heavy atom. The molecule has 174 valence electrons. The van der Waals surface area contributed by atoms with Crippen LogP contribution in [0.15, 0.2) is 82.2 Å². The van der Waals surface area contributed by atoms with Crippen molar-refractivity contribution < 1.29 is 13.2 Å². The molecule has 0 unspecified atom stereocenters. The molecule has 33 heavy (non-hydrogen) atoms. The van der Waals surface area contributed by atoms with E-state index in [2.05, 4.69) is 28.2 Å². The van der Waals surface area contributed by atoms with Gasteiger partial charge in [-0.05, 0) is 67.3 Å². The number of halogens is 1. The number of hydrogen-bond donors (Lipinski definition) is 1. The van der Waals surface area contributed by atoms with E-state index in [1.54, 1.807) is 24.3 Å². The minimum atomic E-state index is -3.87. The Morgan fingerprint density at radius 2 is 1.52 bits per heavy atom. The molecule has 0 atom stereocenters. The summed E-state index contributed by atoms with van der Waals surface area (Å²) in [6, 6.07) is 21.8. The molecule has 3 aromatic carbocycles. The molecule has 3 aromatic rings. The number of hydrogen-bond acceptors (Lipinski definition) is 3. The van der Waals surface area contributed by atoms with Gasteiger partial charge in [-0.15, -0.1) is 0 Å². The fourth-order valence-corrected chi connectivity index (χ4v) is 5.02. The normalized spacial score (nSPS) is 11.5. The number of unbranched alkanes of at least 4 members (excludes halogenated alkanes) is 1. The Morgan fingerprint density at radius 1 is 0.909 bits per heavy atom. The maximum absolute atomic E-state index is 13.4. The lowest BCUT2D eigenvalue weighted by molar-refractivity contribution is -0.116. The van der Waals surface area contributed by atoms with Gasteiger partial charge in [-0.1, -0.05) is 71.2 Å². The van der Waals surface area contributed by atoms with Crippen LogP contribution in [0.5, 0.6) is 0 Å². The number of benzene rings is 3. The molecule has 0 aliphatic carbocycles. The molecule has 3 rings (SSSR count). The average Bonchev–Trinajstić information content (AvgIpc) is 2.80. The summed E-state index contributed by atoms with van der Waals surface area (Å²) < 4.78 is 28.9. The molecule has 0 aliphatic heterocycles. The van der Waals surface area contributed by atoms with E-state index < -0.39 is 10.0 Å². The highest BCUT2D eigenvalue weighted by Crippen LogP contribution is 2.21. The van der Waals surface area contributed by atoms with Crippen LogP contribution in [-0.4, -0.2) is 25.2 Å². The number of amides is 1. The van der Waals surface area contributed by atoms with Gasteiger partial charge in [0.15, 0.2) is 0 Å². The largest absolute Gasteiger partial charge is 0.325 e. The van der Waals surface area contributed by atoms with Crippen LogP contribution in [0.1, 0.15) is 36.5 Å². The van der Waals surface area contributed by atoms with Gasteiger partial charge in [0.2, 0.25) is 15.9 Å². The van der Waals surface area contributed by atoms with Gasteiger partial charge >= 0.3 is 0 Å². The van der Waals surface area contributed by atoms with E-state index in [9.17, 15) is 13.2 Å². The van der Waals surface area contributed by atoms with Crippen molar-refractivity contribution in [2.75, 3.05) is 11.9 Å². The third-order valence-corrected chi connectivity index (χ3v) is 7.64. The number of sulfonamides is 1. The van der Waals surface area contributed by atoms with Gasteiger partial charge in [0.25, 0.3) is 0 Å². The quantitative estimate of drug-likeness (QED) is 0.354. The van der Waals surface area contributed by atoms with Crippen LogP contribution in [0.4, 0.5) is 5.69 Å². The van der Waals surface area contributed by atoms with E-state index in [1.807, 2.05) is 55.5 Å². The minimum absolute atomic E-state index is 0.0901. The number of anilines is 1. The number of rotatable bonds is 10. The van der Waals surface area contributed by atoms with Crippen molar-refractivity contribution in [3.05, 3.63) is 94.0 Å². The number of carbonyl (C=O) groups is 1. The van der Waals surface area contributed by atoms with E-state index in [1.165, 1.54) is 9.87 Å². The predicted octanol–water partition coefficient (Wildman–Crippen LogP) is 5.93. The number of aryl methyl sites for hydroxylation is 2. The molecule has 0 heterocycles. The van der Waals surface area contributed by atoms with Crippen molar-refractivity contribution in [2.24, 2.45) is 0 Å². The molecule has 7 heteroatoms. The van der Waals surface area contributed by atoms with E-state index in [0.29, 0.717) is 5.69 Å². The lowest BCUT2D eigenvalue weighted by Gasteiger charge is -2.22. The number of carbonyl (C=O) groups excluding carboxylic acids is 1. The topological polar surface area (TPSA) is 66.5 Å². The van der Waals surface area contributed by atoms with E-state index in [0.717, 1.165) is 34.9 Å². The second kappa shape index (κ2) is 11.6. The molecular weight excluding hydrogens is 500 g/mol. The summed E-state index contributed by atoms with van der Waals surface area (Å²) in [6.07, 6.45) is 3.25. The van der Waals surface area contributed by atoms with Gasteiger partial charge in [0, 0.05) is 16.7 Å². The molecule has 0 radical (unpaired) electrons. The van der Waals surface area contributed by atoms with Gasteiger partial charge in [-0.2, -0.15) is 4.31 Å². The maximum Gasteiger partial charge on any atom is 0.243 e. The lowest BCUT2D eigenvalue weighted by atomic mass is 10.1. The monoisotopic (exact) mass is 528 g/mol. The summed E-state index contributed by atoms with van der Waals surface area (Å²) in [5.41, 5.74) is 3.63. The zero-order chi connectivity index (χ0) is 23.8. The maximum atomic E-state index is 13.4. The summed E-state index contributed by atoms with van der Waals surface area (Å²) in [7, 11) is -3.87. The SMILES string of the molecule is CCCCc1ccc(NC(=O)CN(Cc2ccc(Br)cc2)S(=O)(=O)c2ccc(C)cc2)cc1. The van der Waals surface area contributed by atoms with Crippen LogP contribution in [0.25, 0.3) is 0 Å². The van der Waals surface area contributed by atoms with Gasteiger partial charge in [-0.3, -0.25) is 4.79 Å². The Labute approximate surface area is 205 Å². The molecular formula is C26H29BrN2O3S. The number of nitrogens with one attached hydrogen (secondary N) is 1. The summed E-state index contributed by atoms with van der Waals surface area (Å²) in [4.78, 5) is 13.0. The molecule has 1 N–H and O–H groups in total. The first-order chi connectivity index (χ1) is 15.8. The van der Waals surface area contributed by atoms with Crippen molar-refractivity contribution >= 4 is 37.5 Å². The zero-order valence-corrected chi connectivity index (χ0v) is 21.3. The Hall–Kier alpha value is -2.48. The van der Waals surface area contributed by atoms with Crippen LogP contribution in [0.3, 0.4) is 0 Å². The predicted molar refractivity (Wildman–Crippen MR) is 137 cm³/mol. The van der Waals surface area contributed by atoms with Crippen molar-refractivity contribution in [2.45, 2.75) is 44.6 Å². The highest BCUT2D eigenvalue weighted by molar-refractivity contribution is 9.10. The molecule has 0 fully saturated rings. The smallest absolute Gasteiger partial charge is 0.243 e. The molecule has 0 aromatic heterocycles. The third-order valence-electron chi connectivity index (χ3n) is 5.31. The fourth-order valence-electron chi connectivity index (χ4n) is 3.37. The third kappa shape index (κ3) is 7.25. The Kier molecular flexibility index (Phi) is 8.83. The van der Waals surface area contributed by atoms with Crippen LogP contribution in [0.2, 0.25) is 0 Å². The second-order valence-corrected chi connectivity index (χ2v) is 10.9. The molecule has 0 saturated heterocycles. The summed E-state index contributed by atoms with van der Waals surface area (Å²) in [5, 5.41) is 2.83.